The smallest absolute Gasteiger partial charge is 0.0695 e. The third-order valence-corrected chi connectivity index (χ3v) is 6.25. The van der Waals surface area contributed by atoms with Gasteiger partial charge in [0.1, 0.15) is 0 Å². The maximum atomic E-state index is 4.11. The maximum absolute atomic E-state index is 4.11. The van der Waals surface area contributed by atoms with Crippen LogP contribution in [0.3, 0.4) is 0 Å². The summed E-state index contributed by atoms with van der Waals surface area (Å²) in [6.45, 7) is 0. The van der Waals surface area contributed by atoms with E-state index in [1.165, 1.54) is 0 Å². The van der Waals surface area contributed by atoms with Crippen molar-refractivity contribution in [3.8, 4) is 0 Å². The highest BCUT2D eigenvalue weighted by Crippen LogP contribution is 2.56. The van der Waals surface area contributed by atoms with Crippen LogP contribution in [-0.4, -0.2) is 0 Å². The number of rotatable bonds is 0. The Morgan fingerprint density at radius 2 is 1.43 bits per heavy atom. The SMILES string of the molecule is SC1=C(S)SSS1. The normalized spacial score (nSPS) is 21.4. The molecule has 5 heteroatoms. The number of hydrogen-bond acceptors (Lipinski definition) is 5. The first-order chi connectivity index (χ1) is 3.30. The average molecular weight is 186 g/mol. The Hall–Kier alpha value is 1.49. The maximum Gasteiger partial charge on any atom is 0.0695 e. The Morgan fingerprint density at radius 3 is 1.57 bits per heavy atom. The summed E-state index contributed by atoms with van der Waals surface area (Å²) in [5, 5.41) is 0. The van der Waals surface area contributed by atoms with Crippen LogP contribution in [0.15, 0.2) is 8.47 Å². The van der Waals surface area contributed by atoms with Gasteiger partial charge in [-0.3, -0.25) is 0 Å². The Balaban J connectivity index is 2.64. The van der Waals surface area contributed by atoms with Gasteiger partial charge in [0.05, 0.1) is 8.47 Å². The van der Waals surface area contributed by atoms with Crippen molar-refractivity contribution in [3.63, 3.8) is 0 Å². The Bertz CT molecular complexity index is 92.6. The molecule has 1 heterocycles. The Morgan fingerprint density at radius 1 is 1.00 bits per heavy atom. The molecular formula is C2H2S5. The predicted molar refractivity (Wildman–Crippen MR) is 47.8 cm³/mol. The molecule has 0 atom stereocenters. The lowest BCUT2D eigenvalue weighted by molar-refractivity contribution is 2.42. The summed E-state index contributed by atoms with van der Waals surface area (Å²) >= 11 is 8.22. The monoisotopic (exact) mass is 186 g/mol. The van der Waals surface area contributed by atoms with E-state index >= 15 is 0 Å². The number of thiol groups is 2. The molecule has 1 aliphatic rings. The summed E-state index contributed by atoms with van der Waals surface area (Å²) < 4.78 is 2.05. The summed E-state index contributed by atoms with van der Waals surface area (Å²) in [5.41, 5.74) is 0. The summed E-state index contributed by atoms with van der Waals surface area (Å²) in [5.74, 6) is 0. The van der Waals surface area contributed by atoms with Gasteiger partial charge < -0.3 is 0 Å². The van der Waals surface area contributed by atoms with E-state index in [2.05, 4.69) is 25.3 Å². The molecule has 0 nitrogen and oxygen atoms in total. The van der Waals surface area contributed by atoms with Crippen molar-refractivity contribution >= 4 is 56.7 Å². The van der Waals surface area contributed by atoms with Gasteiger partial charge in [-0.1, -0.05) is 0 Å². The van der Waals surface area contributed by atoms with Gasteiger partial charge in [-0.2, -0.15) is 0 Å². The minimum Gasteiger partial charge on any atom is -0.134 e. The van der Waals surface area contributed by atoms with Gasteiger partial charge in [0, 0.05) is 0 Å². The van der Waals surface area contributed by atoms with Crippen LogP contribution < -0.4 is 0 Å². The molecule has 0 amide bonds. The zero-order valence-electron chi connectivity index (χ0n) is 3.12. The molecule has 7 heavy (non-hydrogen) atoms. The van der Waals surface area contributed by atoms with E-state index in [1.54, 1.807) is 31.4 Å². The molecule has 0 aromatic heterocycles. The fourth-order valence-corrected chi connectivity index (χ4v) is 5.77. The van der Waals surface area contributed by atoms with Crippen LogP contribution in [0.25, 0.3) is 0 Å². The largest absolute Gasteiger partial charge is 0.134 e. The van der Waals surface area contributed by atoms with Gasteiger partial charge in [-0.15, -0.1) is 25.3 Å². The Kier molecular flexibility index (Phi) is 2.71. The first-order valence-electron chi connectivity index (χ1n) is 1.44. The minimum atomic E-state index is 1.03. The third kappa shape index (κ3) is 1.71. The predicted octanol–water partition coefficient (Wildman–Crippen LogP) is 3.02. The van der Waals surface area contributed by atoms with E-state index in [9.17, 15) is 0 Å². The standard InChI is InChI=1S/C2H2S5/c3-1-2(4)6-7-5-1/h3-4H. The topological polar surface area (TPSA) is 0 Å². The van der Waals surface area contributed by atoms with Crippen LogP contribution in [0.1, 0.15) is 0 Å². The molecule has 1 rings (SSSR count). The molecule has 0 unspecified atom stereocenters. The lowest BCUT2D eigenvalue weighted by atomic mass is 11.2. The van der Waals surface area contributed by atoms with Crippen molar-refractivity contribution in [1.82, 2.24) is 0 Å². The molecule has 0 bridgehead atoms. The second kappa shape index (κ2) is 2.87. The third-order valence-electron chi connectivity index (χ3n) is 0.409. The zero-order chi connectivity index (χ0) is 5.28. The highest BCUT2D eigenvalue weighted by atomic mass is 33.5. The van der Waals surface area contributed by atoms with Gasteiger partial charge in [0.25, 0.3) is 0 Å². The van der Waals surface area contributed by atoms with Crippen molar-refractivity contribution in [3.05, 3.63) is 8.47 Å². The molecule has 0 spiro atoms. The van der Waals surface area contributed by atoms with Crippen molar-refractivity contribution < 1.29 is 0 Å². The molecule has 1 aliphatic heterocycles. The molecule has 40 valence electrons. The van der Waals surface area contributed by atoms with Crippen LogP contribution >= 0.6 is 56.7 Å². The average Bonchev–Trinajstić information content (AvgIpc) is 1.91. The summed E-state index contributed by atoms with van der Waals surface area (Å²) in [6.07, 6.45) is 0. The molecule has 0 aromatic rings. The van der Waals surface area contributed by atoms with Crippen molar-refractivity contribution in [2.24, 2.45) is 0 Å². The van der Waals surface area contributed by atoms with Crippen LogP contribution in [0, 0.1) is 0 Å². The van der Waals surface area contributed by atoms with Crippen LogP contribution in [0.5, 0.6) is 0 Å². The fourth-order valence-electron chi connectivity index (χ4n) is 0.153. The molecule has 0 saturated carbocycles. The fraction of sp³-hybridized carbons (Fsp3) is 0. The van der Waals surface area contributed by atoms with Crippen molar-refractivity contribution in [1.29, 1.82) is 0 Å². The molecule has 0 saturated heterocycles. The van der Waals surface area contributed by atoms with Crippen molar-refractivity contribution in [2.75, 3.05) is 0 Å². The van der Waals surface area contributed by atoms with E-state index in [0.717, 1.165) is 8.47 Å². The van der Waals surface area contributed by atoms with E-state index < -0.39 is 0 Å². The second-order valence-electron chi connectivity index (χ2n) is 0.845. The summed E-state index contributed by atoms with van der Waals surface area (Å²) in [4.78, 5) is 0. The first kappa shape index (κ1) is 6.61. The van der Waals surface area contributed by atoms with Gasteiger partial charge in [-0.25, -0.2) is 0 Å². The molecular weight excluding hydrogens is 184 g/mol. The second-order valence-corrected chi connectivity index (χ2v) is 6.26. The van der Waals surface area contributed by atoms with E-state index in [1.807, 2.05) is 0 Å². The lowest BCUT2D eigenvalue weighted by Gasteiger charge is -1.80. The van der Waals surface area contributed by atoms with E-state index in [4.69, 9.17) is 0 Å². The van der Waals surface area contributed by atoms with Crippen LogP contribution in [0.2, 0.25) is 0 Å². The minimum absolute atomic E-state index is 1.03. The number of hydrogen-bond donors (Lipinski definition) is 2. The highest BCUT2D eigenvalue weighted by Gasteiger charge is 2.09. The molecule has 0 radical (unpaired) electrons. The quantitative estimate of drug-likeness (QED) is 0.441. The zero-order valence-corrected chi connectivity index (χ0v) is 7.36. The van der Waals surface area contributed by atoms with Gasteiger partial charge in [0.2, 0.25) is 0 Å². The molecule has 0 fully saturated rings. The van der Waals surface area contributed by atoms with Crippen molar-refractivity contribution in [2.45, 2.75) is 0 Å². The van der Waals surface area contributed by atoms with Gasteiger partial charge in [0.15, 0.2) is 0 Å². The van der Waals surface area contributed by atoms with E-state index in [0.29, 0.717) is 0 Å². The lowest BCUT2D eigenvalue weighted by Crippen LogP contribution is -1.49. The highest BCUT2D eigenvalue weighted by molar-refractivity contribution is 9.13. The van der Waals surface area contributed by atoms with Crippen LogP contribution in [-0.2, 0) is 0 Å². The summed E-state index contributed by atoms with van der Waals surface area (Å²) in [6, 6.07) is 0. The van der Waals surface area contributed by atoms with E-state index in [-0.39, 0.29) is 0 Å². The Labute approximate surface area is 64.9 Å². The molecule has 0 N–H and O–H groups in total. The first-order valence-corrected chi connectivity index (χ1v) is 5.82. The molecule has 0 aliphatic carbocycles. The van der Waals surface area contributed by atoms with Crippen LogP contribution in [0.4, 0.5) is 0 Å². The molecule has 0 aromatic carbocycles. The van der Waals surface area contributed by atoms with Gasteiger partial charge in [-0.05, 0) is 31.4 Å². The van der Waals surface area contributed by atoms with Gasteiger partial charge >= 0.3 is 0 Å². The summed E-state index contributed by atoms with van der Waals surface area (Å²) in [7, 11) is 5.00.